The van der Waals surface area contributed by atoms with Crippen molar-refractivity contribution in [3.8, 4) is 34.4 Å². The Balaban J connectivity index is 1.41. The first kappa shape index (κ1) is 26.6. The van der Waals surface area contributed by atoms with Crippen LogP contribution in [0.3, 0.4) is 0 Å². The highest BCUT2D eigenvalue weighted by atomic mass is 16.5. The van der Waals surface area contributed by atoms with Crippen molar-refractivity contribution in [2.75, 3.05) is 18.5 Å². The van der Waals surface area contributed by atoms with Crippen LogP contribution in [0.5, 0.6) is 5.75 Å². The van der Waals surface area contributed by atoms with Crippen molar-refractivity contribution in [3.05, 3.63) is 107 Å². The lowest BCUT2D eigenvalue weighted by molar-refractivity contribution is 0.290. The molecule has 0 amide bonds. The molecule has 3 N–H and O–H groups in total. The van der Waals surface area contributed by atoms with Gasteiger partial charge < -0.3 is 24.9 Å². The van der Waals surface area contributed by atoms with E-state index >= 15 is 0 Å². The van der Waals surface area contributed by atoms with Gasteiger partial charge in [0.05, 0.1) is 18.4 Å². The van der Waals surface area contributed by atoms with Gasteiger partial charge in [-0.1, -0.05) is 59.7 Å². The molecule has 5 rings (SSSR count). The molecule has 2 aromatic heterocycles. The van der Waals surface area contributed by atoms with Gasteiger partial charge in [-0.05, 0) is 41.3 Å². The molecule has 40 heavy (non-hydrogen) atoms. The van der Waals surface area contributed by atoms with Crippen molar-refractivity contribution in [2.45, 2.75) is 20.1 Å². The molecule has 0 aliphatic heterocycles. The Morgan fingerprint density at radius 2 is 1.80 bits per heavy atom. The third kappa shape index (κ3) is 6.15. The van der Waals surface area contributed by atoms with Gasteiger partial charge in [-0.25, -0.2) is 0 Å². The van der Waals surface area contributed by atoms with Crippen LogP contribution in [0.1, 0.15) is 22.3 Å². The summed E-state index contributed by atoms with van der Waals surface area (Å²) in [6.45, 7) is 3.26. The summed E-state index contributed by atoms with van der Waals surface area (Å²) >= 11 is 0. The zero-order chi connectivity index (χ0) is 27.7. The quantitative estimate of drug-likeness (QED) is 0.192. The molecular formula is C31H28N6O3. The van der Waals surface area contributed by atoms with Crippen LogP contribution in [-0.4, -0.2) is 33.4 Å². The van der Waals surface area contributed by atoms with E-state index in [0.717, 1.165) is 39.1 Å². The molecule has 5 aromatic rings. The third-order valence-electron chi connectivity index (χ3n) is 6.42. The number of ether oxygens (including phenoxy) is 1. The number of anilines is 2. The molecule has 200 valence electrons. The number of aliphatic hydroxyl groups excluding tert-OH is 1. The highest BCUT2D eigenvalue weighted by Gasteiger charge is 2.16. The fourth-order valence-electron chi connectivity index (χ4n) is 4.40. The number of nitrogens with one attached hydrogen (secondary N) is 2. The molecule has 0 bridgehead atoms. The van der Waals surface area contributed by atoms with Crippen LogP contribution in [-0.2, 0) is 13.2 Å². The van der Waals surface area contributed by atoms with Crippen LogP contribution in [0, 0.1) is 18.3 Å². The second-order valence-electron chi connectivity index (χ2n) is 9.03. The molecule has 0 saturated carbocycles. The molecule has 0 radical (unpaired) electrons. The van der Waals surface area contributed by atoms with E-state index in [1.807, 2.05) is 55.5 Å². The Hall–Kier alpha value is -5.04. The SMILES string of the molecule is Cc1c(-c2ccccc2)cccc1-c1nnc(Nc2cccc(CNCCO)c2COc2cncc(C#N)c2)o1. The number of nitriles is 1. The molecule has 9 heteroatoms. The number of hydrogen-bond donors (Lipinski definition) is 3. The maximum absolute atomic E-state index is 9.20. The van der Waals surface area contributed by atoms with E-state index in [-0.39, 0.29) is 19.2 Å². The van der Waals surface area contributed by atoms with Crippen LogP contribution in [0.25, 0.3) is 22.6 Å². The van der Waals surface area contributed by atoms with E-state index in [1.165, 1.54) is 6.20 Å². The van der Waals surface area contributed by atoms with Gasteiger partial charge >= 0.3 is 6.01 Å². The minimum Gasteiger partial charge on any atom is -0.487 e. The maximum atomic E-state index is 9.20. The standard InChI is InChI=1S/C31H28N6O3/c1-21-26(23-7-3-2-4-8-23)10-6-11-27(21)30-36-37-31(40-30)35-29-12-5-9-24(18-33-13-14-38)28(29)20-39-25-15-22(16-32)17-34-19-25/h2-12,15,17,19,33,38H,13-14,18,20H2,1H3,(H,35,37). The van der Waals surface area contributed by atoms with Crippen molar-refractivity contribution in [1.82, 2.24) is 20.5 Å². The van der Waals surface area contributed by atoms with Gasteiger partial charge in [-0.3, -0.25) is 4.98 Å². The number of aromatic nitrogens is 3. The van der Waals surface area contributed by atoms with Gasteiger partial charge in [0.1, 0.15) is 18.4 Å². The fraction of sp³-hybridized carbons (Fsp3) is 0.161. The Labute approximate surface area is 232 Å². The number of hydrogen-bond acceptors (Lipinski definition) is 9. The largest absolute Gasteiger partial charge is 0.487 e. The summed E-state index contributed by atoms with van der Waals surface area (Å²) in [5.74, 6) is 0.896. The summed E-state index contributed by atoms with van der Waals surface area (Å²) in [6, 6.07) is 26.0. The van der Waals surface area contributed by atoms with Crippen molar-refractivity contribution >= 4 is 11.7 Å². The zero-order valence-corrected chi connectivity index (χ0v) is 22.0. The van der Waals surface area contributed by atoms with Crippen LogP contribution in [0.15, 0.2) is 89.6 Å². The molecule has 3 aromatic carbocycles. The zero-order valence-electron chi connectivity index (χ0n) is 22.0. The maximum Gasteiger partial charge on any atom is 0.320 e. The monoisotopic (exact) mass is 532 g/mol. The third-order valence-corrected chi connectivity index (χ3v) is 6.42. The number of nitrogens with zero attached hydrogens (tertiary/aromatic N) is 4. The highest BCUT2D eigenvalue weighted by molar-refractivity contribution is 5.75. The molecular weight excluding hydrogens is 504 g/mol. The summed E-state index contributed by atoms with van der Waals surface area (Å²) in [5, 5.41) is 33.4. The van der Waals surface area contributed by atoms with Crippen molar-refractivity contribution < 1.29 is 14.3 Å². The first-order valence-electron chi connectivity index (χ1n) is 12.8. The Kier molecular flexibility index (Phi) is 8.41. The van der Waals surface area contributed by atoms with Gasteiger partial charge in [0.25, 0.3) is 0 Å². The Morgan fingerprint density at radius 3 is 2.62 bits per heavy atom. The highest BCUT2D eigenvalue weighted by Crippen LogP contribution is 2.33. The predicted molar refractivity (Wildman–Crippen MR) is 152 cm³/mol. The topological polar surface area (TPSA) is 129 Å². The molecule has 0 spiro atoms. The lowest BCUT2D eigenvalue weighted by Gasteiger charge is -2.16. The number of rotatable bonds is 11. The molecule has 0 aliphatic rings. The van der Waals surface area contributed by atoms with Gasteiger partial charge in [0.15, 0.2) is 0 Å². The molecule has 0 atom stereocenters. The van der Waals surface area contributed by atoms with Gasteiger partial charge in [0.2, 0.25) is 5.89 Å². The van der Waals surface area contributed by atoms with Crippen LogP contribution in [0.4, 0.5) is 11.7 Å². The fourth-order valence-corrected chi connectivity index (χ4v) is 4.40. The Bertz CT molecular complexity index is 1630. The second-order valence-corrected chi connectivity index (χ2v) is 9.03. The lowest BCUT2D eigenvalue weighted by Crippen LogP contribution is -2.19. The van der Waals surface area contributed by atoms with Gasteiger partial charge in [-0.15, -0.1) is 5.10 Å². The normalized spacial score (nSPS) is 10.7. The van der Waals surface area contributed by atoms with Crippen molar-refractivity contribution in [3.63, 3.8) is 0 Å². The number of pyridine rings is 1. The van der Waals surface area contributed by atoms with Gasteiger partial charge in [0, 0.05) is 42.2 Å². The predicted octanol–water partition coefficient (Wildman–Crippen LogP) is 5.38. The molecule has 0 fully saturated rings. The second kappa shape index (κ2) is 12.7. The van der Waals surface area contributed by atoms with E-state index < -0.39 is 0 Å². The van der Waals surface area contributed by atoms with Crippen LogP contribution < -0.4 is 15.4 Å². The van der Waals surface area contributed by atoms with E-state index in [1.54, 1.807) is 12.3 Å². The first-order chi connectivity index (χ1) is 19.7. The minimum absolute atomic E-state index is 0.0338. The molecule has 0 unspecified atom stereocenters. The molecule has 9 nitrogen and oxygen atoms in total. The van der Waals surface area contributed by atoms with Crippen LogP contribution >= 0.6 is 0 Å². The summed E-state index contributed by atoms with van der Waals surface area (Å²) in [4.78, 5) is 4.07. The van der Waals surface area contributed by atoms with E-state index in [0.29, 0.717) is 30.3 Å². The van der Waals surface area contributed by atoms with Crippen molar-refractivity contribution in [1.29, 1.82) is 5.26 Å². The smallest absolute Gasteiger partial charge is 0.320 e. The number of aliphatic hydroxyl groups is 1. The summed E-state index contributed by atoms with van der Waals surface area (Å²) in [5.41, 5.74) is 7.10. The number of benzene rings is 3. The first-order valence-corrected chi connectivity index (χ1v) is 12.8. The van der Waals surface area contributed by atoms with E-state index in [2.05, 4.69) is 50.1 Å². The average Bonchev–Trinajstić information content (AvgIpc) is 3.45. The van der Waals surface area contributed by atoms with Gasteiger partial charge in [-0.2, -0.15) is 5.26 Å². The van der Waals surface area contributed by atoms with Crippen molar-refractivity contribution in [2.24, 2.45) is 0 Å². The summed E-state index contributed by atoms with van der Waals surface area (Å²) in [7, 11) is 0. The summed E-state index contributed by atoms with van der Waals surface area (Å²) in [6.07, 6.45) is 3.05. The Morgan fingerprint density at radius 1 is 0.975 bits per heavy atom. The average molecular weight is 533 g/mol. The molecule has 2 heterocycles. The lowest BCUT2D eigenvalue weighted by atomic mass is 9.96. The summed E-state index contributed by atoms with van der Waals surface area (Å²) < 4.78 is 12.1. The molecule has 0 aliphatic carbocycles. The van der Waals surface area contributed by atoms with Crippen LogP contribution in [0.2, 0.25) is 0 Å². The van der Waals surface area contributed by atoms with E-state index in [4.69, 9.17) is 9.15 Å². The molecule has 0 saturated heterocycles. The van der Waals surface area contributed by atoms with E-state index in [9.17, 15) is 10.4 Å². The minimum atomic E-state index is 0.0338.